The molecule has 0 saturated heterocycles. The van der Waals surface area contributed by atoms with Gasteiger partial charge in [0.1, 0.15) is 0 Å². The van der Waals surface area contributed by atoms with Crippen LogP contribution in [0.25, 0.3) is 21.5 Å². The average Bonchev–Trinajstić information content (AvgIpc) is 2.63. The average molecular weight is 310 g/mol. The Morgan fingerprint density at radius 2 is 1.33 bits per heavy atom. The summed E-state index contributed by atoms with van der Waals surface area (Å²) in [5.41, 5.74) is 6.49. The molecule has 116 valence electrons. The highest BCUT2D eigenvalue weighted by Gasteiger charge is 2.05. The fourth-order valence-electron chi connectivity index (χ4n) is 2.99. The van der Waals surface area contributed by atoms with Gasteiger partial charge in [-0.05, 0) is 46.7 Å². The Labute approximate surface area is 141 Å². The molecular formula is C22H18N2. The number of hydrogen-bond donors (Lipinski definition) is 1. The minimum atomic E-state index is 0.987. The number of fused-ring (bicyclic) bond motifs is 2. The fourth-order valence-corrected chi connectivity index (χ4v) is 2.99. The van der Waals surface area contributed by atoms with Crippen LogP contribution in [0, 0.1) is 6.92 Å². The topological polar surface area (TPSA) is 24.4 Å². The molecule has 0 fully saturated rings. The Balaban J connectivity index is 1.78. The van der Waals surface area contributed by atoms with Gasteiger partial charge in [-0.15, -0.1) is 0 Å². The lowest BCUT2D eigenvalue weighted by atomic mass is 9.97. The van der Waals surface area contributed by atoms with Crippen molar-refractivity contribution in [3.05, 3.63) is 90.0 Å². The third-order valence-corrected chi connectivity index (χ3v) is 4.25. The van der Waals surface area contributed by atoms with Gasteiger partial charge in [0.25, 0.3) is 0 Å². The molecule has 4 aromatic carbocycles. The first-order valence-electron chi connectivity index (χ1n) is 8.07. The van der Waals surface area contributed by atoms with Gasteiger partial charge in [-0.1, -0.05) is 66.2 Å². The van der Waals surface area contributed by atoms with Crippen LogP contribution >= 0.6 is 0 Å². The largest absolute Gasteiger partial charge is 0.279 e. The molecule has 4 rings (SSSR count). The maximum Gasteiger partial charge on any atom is 0.0561 e. The Morgan fingerprint density at radius 1 is 0.750 bits per heavy atom. The van der Waals surface area contributed by atoms with Crippen molar-refractivity contribution in [2.75, 3.05) is 5.43 Å². The summed E-state index contributed by atoms with van der Waals surface area (Å²) in [7, 11) is 0. The van der Waals surface area contributed by atoms with Crippen molar-refractivity contribution < 1.29 is 0 Å². The lowest BCUT2D eigenvalue weighted by molar-refractivity contribution is 1.34. The molecule has 4 aromatic rings. The monoisotopic (exact) mass is 310 g/mol. The van der Waals surface area contributed by atoms with E-state index in [2.05, 4.69) is 84.2 Å². The molecule has 0 heterocycles. The smallest absolute Gasteiger partial charge is 0.0561 e. The van der Waals surface area contributed by atoms with Crippen LogP contribution in [0.2, 0.25) is 0 Å². The van der Waals surface area contributed by atoms with Crippen molar-refractivity contribution in [2.45, 2.75) is 6.92 Å². The lowest BCUT2D eigenvalue weighted by Crippen LogP contribution is -1.93. The van der Waals surface area contributed by atoms with Crippen molar-refractivity contribution >= 4 is 33.4 Å². The number of nitrogens with one attached hydrogen (secondary N) is 1. The molecule has 24 heavy (non-hydrogen) atoms. The van der Waals surface area contributed by atoms with Crippen LogP contribution in [-0.4, -0.2) is 6.21 Å². The number of aryl methyl sites for hydroxylation is 1. The van der Waals surface area contributed by atoms with Crippen LogP contribution in [0.5, 0.6) is 0 Å². The molecule has 0 aliphatic rings. The van der Waals surface area contributed by atoms with Crippen molar-refractivity contribution in [1.82, 2.24) is 0 Å². The molecule has 0 aliphatic heterocycles. The Hall–Kier alpha value is -3.13. The summed E-state index contributed by atoms with van der Waals surface area (Å²) in [4.78, 5) is 0. The zero-order chi connectivity index (χ0) is 16.4. The first kappa shape index (κ1) is 14.5. The summed E-state index contributed by atoms with van der Waals surface area (Å²) in [6.45, 7) is 2.08. The van der Waals surface area contributed by atoms with E-state index in [0.29, 0.717) is 0 Å². The van der Waals surface area contributed by atoms with E-state index in [1.54, 1.807) is 0 Å². The summed E-state index contributed by atoms with van der Waals surface area (Å²) in [5.74, 6) is 0. The maximum absolute atomic E-state index is 4.47. The highest BCUT2D eigenvalue weighted by molar-refractivity contribution is 6.13. The second-order valence-corrected chi connectivity index (χ2v) is 5.97. The van der Waals surface area contributed by atoms with Gasteiger partial charge in [-0.25, -0.2) is 0 Å². The molecule has 2 heteroatoms. The Kier molecular flexibility index (Phi) is 3.72. The minimum absolute atomic E-state index is 0.987. The lowest BCUT2D eigenvalue weighted by Gasteiger charge is -2.08. The van der Waals surface area contributed by atoms with E-state index < -0.39 is 0 Å². The molecule has 0 saturated carbocycles. The fraction of sp³-hybridized carbons (Fsp3) is 0.0455. The number of rotatable bonds is 3. The van der Waals surface area contributed by atoms with Gasteiger partial charge in [0.05, 0.1) is 11.9 Å². The van der Waals surface area contributed by atoms with E-state index >= 15 is 0 Å². The van der Waals surface area contributed by atoms with Gasteiger partial charge in [0.15, 0.2) is 0 Å². The van der Waals surface area contributed by atoms with Crippen LogP contribution < -0.4 is 5.43 Å². The third-order valence-electron chi connectivity index (χ3n) is 4.25. The first-order chi connectivity index (χ1) is 11.8. The quantitative estimate of drug-likeness (QED) is 0.291. The second-order valence-electron chi connectivity index (χ2n) is 5.97. The Bertz CT molecular complexity index is 977. The van der Waals surface area contributed by atoms with Gasteiger partial charge in [-0.2, -0.15) is 5.10 Å². The molecular weight excluding hydrogens is 292 g/mol. The number of anilines is 1. The van der Waals surface area contributed by atoms with Crippen LogP contribution in [-0.2, 0) is 0 Å². The minimum Gasteiger partial charge on any atom is -0.279 e. The van der Waals surface area contributed by atoms with Gasteiger partial charge >= 0.3 is 0 Å². The molecule has 0 amide bonds. The highest BCUT2D eigenvalue weighted by atomic mass is 15.3. The summed E-state index contributed by atoms with van der Waals surface area (Å²) in [6, 6.07) is 27.3. The SMILES string of the molecule is Cc1ccc(NN=Cc2c3ccccc3cc3ccccc23)cc1. The summed E-state index contributed by atoms with van der Waals surface area (Å²) >= 11 is 0. The predicted molar refractivity (Wildman–Crippen MR) is 104 cm³/mol. The molecule has 0 radical (unpaired) electrons. The van der Waals surface area contributed by atoms with Gasteiger partial charge in [0.2, 0.25) is 0 Å². The molecule has 2 nitrogen and oxygen atoms in total. The van der Waals surface area contributed by atoms with Crippen molar-refractivity contribution in [3.8, 4) is 0 Å². The van der Waals surface area contributed by atoms with Crippen LogP contribution in [0.3, 0.4) is 0 Å². The zero-order valence-corrected chi connectivity index (χ0v) is 13.5. The molecule has 0 bridgehead atoms. The van der Waals surface area contributed by atoms with E-state index in [-0.39, 0.29) is 0 Å². The van der Waals surface area contributed by atoms with Crippen molar-refractivity contribution in [2.24, 2.45) is 5.10 Å². The van der Waals surface area contributed by atoms with E-state index in [1.807, 2.05) is 18.3 Å². The van der Waals surface area contributed by atoms with Crippen LogP contribution in [0.4, 0.5) is 5.69 Å². The Morgan fingerprint density at radius 3 is 1.96 bits per heavy atom. The van der Waals surface area contributed by atoms with E-state index in [0.717, 1.165) is 11.3 Å². The zero-order valence-electron chi connectivity index (χ0n) is 13.5. The normalized spacial score (nSPS) is 11.4. The third kappa shape index (κ3) is 2.74. The number of benzene rings is 4. The second kappa shape index (κ2) is 6.17. The number of hydrogen-bond acceptors (Lipinski definition) is 2. The summed E-state index contributed by atoms with van der Waals surface area (Å²) in [6.07, 6.45) is 1.92. The standard InChI is InChI=1S/C22H18N2/c1-16-10-12-19(13-11-16)24-23-15-22-20-8-4-2-6-17(20)14-18-7-3-5-9-21(18)22/h2-15,24H,1H3. The molecule has 0 aliphatic carbocycles. The molecule has 1 N–H and O–H groups in total. The van der Waals surface area contributed by atoms with Gasteiger partial charge in [-0.3, -0.25) is 5.43 Å². The van der Waals surface area contributed by atoms with E-state index in [4.69, 9.17) is 0 Å². The molecule has 0 aromatic heterocycles. The first-order valence-corrected chi connectivity index (χ1v) is 8.07. The summed E-state index contributed by atoms with van der Waals surface area (Å²) < 4.78 is 0. The van der Waals surface area contributed by atoms with E-state index in [9.17, 15) is 0 Å². The molecule has 0 atom stereocenters. The summed E-state index contributed by atoms with van der Waals surface area (Å²) in [5, 5.41) is 9.35. The van der Waals surface area contributed by atoms with Crippen LogP contribution in [0.1, 0.15) is 11.1 Å². The maximum atomic E-state index is 4.47. The molecule has 0 unspecified atom stereocenters. The van der Waals surface area contributed by atoms with Gasteiger partial charge < -0.3 is 0 Å². The van der Waals surface area contributed by atoms with Crippen molar-refractivity contribution in [1.29, 1.82) is 0 Å². The van der Waals surface area contributed by atoms with Crippen molar-refractivity contribution in [3.63, 3.8) is 0 Å². The number of nitrogens with zero attached hydrogens (tertiary/aromatic N) is 1. The van der Waals surface area contributed by atoms with E-state index in [1.165, 1.54) is 27.1 Å². The highest BCUT2D eigenvalue weighted by Crippen LogP contribution is 2.27. The number of hydrazone groups is 1. The molecule has 0 spiro atoms. The van der Waals surface area contributed by atoms with Gasteiger partial charge in [0, 0.05) is 5.56 Å². The predicted octanol–water partition coefficient (Wildman–Crippen LogP) is 5.75. The van der Waals surface area contributed by atoms with Crippen LogP contribution in [0.15, 0.2) is 84.0 Å².